The van der Waals surface area contributed by atoms with E-state index < -0.39 is 0 Å². The molecule has 3 heteroatoms. The summed E-state index contributed by atoms with van der Waals surface area (Å²) < 4.78 is 5.79. The summed E-state index contributed by atoms with van der Waals surface area (Å²) in [4.78, 5) is 12.3. The van der Waals surface area contributed by atoms with Gasteiger partial charge in [-0.2, -0.15) is 0 Å². The van der Waals surface area contributed by atoms with Crippen LogP contribution in [-0.4, -0.2) is 11.9 Å². The number of ether oxygens (including phenoxy) is 1. The second kappa shape index (κ2) is 7.32. The van der Waals surface area contributed by atoms with Crippen molar-refractivity contribution in [2.75, 3.05) is 0 Å². The number of carbonyl (C=O) groups excluding carboxylic acids is 1. The fourth-order valence-corrected chi connectivity index (χ4v) is 2.93. The second-order valence-corrected chi connectivity index (χ2v) is 6.25. The molecule has 120 valence electrons. The highest BCUT2D eigenvalue weighted by Gasteiger charge is 2.16. The Labute approximate surface area is 137 Å². The SMILES string of the molecule is Cc1ccc(Oc2ccc(C(=O)NC3CCCCC3)cc2)cc1. The summed E-state index contributed by atoms with van der Waals surface area (Å²) >= 11 is 0. The van der Waals surface area contributed by atoms with Crippen LogP contribution in [0.4, 0.5) is 0 Å². The minimum Gasteiger partial charge on any atom is -0.457 e. The maximum Gasteiger partial charge on any atom is 0.251 e. The molecule has 0 spiro atoms. The first-order valence-electron chi connectivity index (χ1n) is 8.36. The topological polar surface area (TPSA) is 38.3 Å². The Kier molecular flexibility index (Phi) is 4.96. The van der Waals surface area contributed by atoms with Crippen LogP contribution in [0.5, 0.6) is 11.5 Å². The fourth-order valence-electron chi connectivity index (χ4n) is 2.93. The molecule has 0 radical (unpaired) electrons. The summed E-state index contributed by atoms with van der Waals surface area (Å²) in [6.07, 6.45) is 5.92. The second-order valence-electron chi connectivity index (χ2n) is 6.25. The molecule has 2 aromatic rings. The third-order valence-electron chi connectivity index (χ3n) is 4.31. The summed E-state index contributed by atoms with van der Waals surface area (Å²) in [6, 6.07) is 15.6. The molecule has 0 heterocycles. The van der Waals surface area contributed by atoms with Crippen molar-refractivity contribution < 1.29 is 9.53 Å². The number of benzene rings is 2. The minimum atomic E-state index is 0.0128. The summed E-state index contributed by atoms with van der Waals surface area (Å²) in [7, 11) is 0. The van der Waals surface area contributed by atoms with Gasteiger partial charge in [0.25, 0.3) is 5.91 Å². The zero-order valence-corrected chi connectivity index (χ0v) is 13.5. The number of hydrogen-bond donors (Lipinski definition) is 1. The van der Waals surface area contributed by atoms with E-state index >= 15 is 0 Å². The number of nitrogens with one attached hydrogen (secondary N) is 1. The van der Waals surface area contributed by atoms with E-state index in [4.69, 9.17) is 4.74 Å². The van der Waals surface area contributed by atoms with Gasteiger partial charge in [-0.15, -0.1) is 0 Å². The van der Waals surface area contributed by atoms with Gasteiger partial charge in [-0.25, -0.2) is 0 Å². The molecule has 1 fully saturated rings. The molecule has 1 N–H and O–H groups in total. The lowest BCUT2D eigenvalue weighted by Gasteiger charge is -2.22. The van der Waals surface area contributed by atoms with E-state index in [1.54, 1.807) is 0 Å². The Bertz CT molecular complexity index is 640. The Morgan fingerprint density at radius 3 is 2.09 bits per heavy atom. The molecule has 0 aliphatic heterocycles. The van der Waals surface area contributed by atoms with E-state index in [1.807, 2.05) is 55.5 Å². The zero-order valence-electron chi connectivity index (χ0n) is 13.5. The van der Waals surface area contributed by atoms with Crippen molar-refractivity contribution in [1.82, 2.24) is 5.32 Å². The van der Waals surface area contributed by atoms with E-state index in [1.165, 1.54) is 24.8 Å². The van der Waals surface area contributed by atoms with Crippen LogP contribution in [-0.2, 0) is 0 Å². The molecule has 1 saturated carbocycles. The summed E-state index contributed by atoms with van der Waals surface area (Å²) in [6.45, 7) is 2.05. The van der Waals surface area contributed by atoms with E-state index in [-0.39, 0.29) is 5.91 Å². The normalized spacial score (nSPS) is 15.2. The van der Waals surface area contributed by atoms with Crippen molar-refractivity contribution in [3.05, 3.63) is 59.7 Å². The first-order valence-corrected chi connectivity index (χ1v) is 8.36. The lowest BCUT2D eigenvalue weighted by Crippen LogP contribution is -2.36. The Hall–Kier alpha value is -2.29. The van der Waals surface area contributed by atoms with Crippen LogP contribution < -0.4 is 10.1 Å². The summed E-state index contributed by atoms with van der Waals surface area (Å²) in [5, 5.41) is 3.13. The van der Waals surface area contributed by atoms with Crippen molar-refractivity contribution in [3.63, 3.8) is 0 Å². The smallest absolute Gasteiger partial charge is 0.251 e. The monoisotopic (exact) mass is 309 g/mol. The van der Waals surface area contributed by atoms with Gasteiger partial charge in [-0.05, 0) is 56.2 Å². The average molecular weight is 309 g/mol. The molecule has 1 aliphatic rings. The molecule has 3 rings (SSSR count). The van der Waals surface area contributed by atoms with Crippen LogP contribution in [0.3, 0.4) is 0 Å². The number of rotatable bonds is 4. The first kappa shape index (κ1) is 15.6. The van der Waals surface area contributed by atoms with E-state index in [9.17, 15) is 4.79 Å². The number of carbonyl (C=O) groups is 1. The quantitative estimate of drug-likeness (QED) is 0.876. The van der Waals surface area contributed by atoms with Gasteiger partial charge >= 0.3 is 0 Å². The maximum absolute atomic E-state index is 12.3. The summed E-state index contributed by atoms with van der Waals surface area (Å²) in [5.41, 5.74) is 1.89. The predicted molar refractivity (Wildman–Crippen MR) is 92.0 cm³/mol. The Morgan fingerprint density at radius 2 is 1.48 bits per heavy atom. The molecule has 23 heavy (non-hydrogen) atoms. The lowest BCUT2D eigenvalue weighted by atomic mass is 9.95. The largest absolute Gasteiger partial charge is 0.457 e. The summed E-state index contributed by atoms with van der Waals surface area (Å²) in [5.74, 6) is 1.55. The van der Waals surface area contributed by atoms with Crippen molar-refractivity contribution in [3.8, 4) is 11.5 Å². The van der Waals surface area contributed by atoms with Crippen LogP contribution in [0.1, 0.15) is 48.0 Å². The van der Waals surface area contributed by atoms with Crippen LogP contribution in [0.2, 0.25) is 0 Å². The van der Waals surface area contributed by atoms with Crippen molar-refractivity contribution in [2.24, 2.45) is 0 Å². The van der Waals surface area contributed by atoms with Crippen molar-refractivity contribution in [1.29, 1.82) is 0 Å². The molecule has 1 aliphatic carbocycles. The fraction of sp³-hybridized carbons (Fsp3) is 0.350. The van der Waals surface area contributed by atoms with Gasteiger partial charge in [0.15, 0.2) is 0 Å². The number of aryl methyl sites for hydroxylation is 1. The van der Waals surface area contributed by atoms with Crippen molar-refractivity contribution >= 4 is 5.91 Å². The molecule has 3 nitrogen and oxygen atoms in total. The molecule has 2 aromatic carbocycles. The van der Waals surface area contributed by atoms with Crippen molar-refractivity contribution in [2.45, 2.75) is 45.1 Å². The average Bonchev–Trinajstić information content (AvgIpc) is 2.58. The molecular weight excluding hydrogens is 286 g/mol. The van der Waals surface area contributed by atoms with Gasteiger partial charge in [-0.1, -0.05) is 37.0 Å². The van der Waals surface area contributed by atoms with E-state index in [0.717, 1.165) is 24.3 Å². The van der Waals surface area contributed by atoms with Gasteiger partial charge in [0.2, 0.25) is 0 Å². The number of amides is 1. The zero-order chi connectivity index (χ0) is 16.1. The highest BCUT2D eigenvalue weighted by molar-refractivity contribution is 5.94. The molecule has 0 bridgehead atoms. The first-order chi connectivity index (χ1) is 11.2. The van der Waals surface area contributed by atoms with Gasteiger partial charge in [-0.3, -0.25) is 4.79 Å². The Morgan fingerprint density at radius 1 is 0.913 bits per heavy atom. The lowest BCUT2D eigenvalue weighted by molar-refractivity contribution is 0.0927. The highest BCUT2D eigenvalue weighted by atomic mass is 16.5. The molecule has 0 unspecified atom stereocenters. The Balaban J connectivity index is 1.59. The van der Waals surface area contributed by atoms with E-state index in [2.05, 4.69) is 5.32 Å². The predicted octanol–water partition coefficient (Wildman–Crippen LogP) is 4.85. The third-order valence-corrected chi connectivity index (χ3v) is 4.31. The minimum absolute atomic E-state index is 0.0128. The molecule has 0 saturated heterocycles. The van der Waals surface area contributed by atoms with Crippen LogP contribution in [0, 0.1) is 6.92 Å². The molecule has 1 amide bonds. The third kappa shape index (κ3) is 4.35. The molecule has 0 atom stereocenters. The number of hydrogen-bond acceptors (Lipinski definition) is 2. The van der Waals surface area contributed by atoms with Crippen LogP contribution >= 0.6 is 0 Å². The van der Waals surface area contributed by atoms with Crippen LogP contribution in [0.15, 0.2) is 48.5 Å². The van der Waals surface area contributed by atoms with Gasteiger partial charge in [0.1, 0.15) is 11.5 Å². The van der Waals surface area contributed by atoms with Gasteiger partial charge < -0.3 is 10.1 Å². The van der Waals surface area contributed by atoms with Gasteiger partial charge in [0.05, 0.1) is 0 Å². The standard InChI is InChI=1S/C20H23NO2/c1-15-7-11-18(12-8-15)23-19-13-9-16(10-14-19)20(22)21-17-5-3-2-4-6-17/h7-14,17H,2-6H2,1H3,(H,21,22). The highest BCUT2D eigenvalue weighted by Crippen LogP contribution is 2.22. The van der Waals surface area contributed by atoms with Gasteiger partial charge in [0, 0.05) is 11.6 Å². The van der Waals surface area contributed by atoms with E-state index in [0.29, 0.717) is 11.6 Å². The maximum atomic E-state index is 12.3. The molecular formula is C20H23NO2. The molecule has 0 aromatic heterocycles. The van der Waals surface area contributed by atoms with Crippen LogP contribution in [0.25, 0.3) is 0 Å².